The van der Waals surface area contributed by atoms with E-state index in [9.17, 15) is 14.4 Å². The minimum atomic E-state index is -0.665. The number of carbonyl (C=O) groups excluding carboxylic acids is 3. The number of fused-ring (bicyclic) bond motifs is 1. The normalized spacial score (nSPS) is 16.4. The lowest BCUT2D eigenvalue weighted by molar-refractivity contribution is -0.136. The molecule has 25 heavy (non-hydrogen) atoms. The number of benzene rings is 1. The van der Waals surface area contributed by atoms with Gasteiger partial charge in [0.05, 0.1) is 0 Å². The van der Waals surface area contributed by atoms with Gasteiger partial charge in [0.1, 0.15) is 0 Å². The molecule has 0 radical (unpaired) electrons. The number of nitrogens with one attached hydrogen (secondary N) is 2. The van der Waals surface area contributed by atoms with Crippen LogP contribution in [-0.4, -0.2) is 30.8 Å². The van der Waals surface area contributed by atoms with Gasteiger partial charge in [0.15, 0.2) is 0 Å². The van der Waals surface area contributed by atoms with Gasteiger partial charge in [0, 0.05) is 30.4 Å². The Morgan fingerprint density at radius 3 is 2.64 bits per heavy atom. The number of aryl methyl sites for hydroxylation is 1. The molecule has 0 saturated heterocycles. The van der Waals surface area contributed by atoms with Crippen LogP contribution in [0.5, 0.6) is 0 Å². The molecule has 0 atom stereocenters. The fraction of sp³-hybridized carbons (Fsp3) is 0.526. The van der Waals surface area contributed by atoms with Crippen molar-refractivity contribution in [1.82, 2.24) is 5.32 Å². The van der Waals surface area contributed by atoms with Crippen LogP contribution in [0.15, 0.2) is 18.2 Å². The van der Waals surface area contributed by atoms with Crippen LogP contribution in [0.1, 0.15) is 38.7 Å². The van der Waals surface area contributed by atoms with Crippen LogP contribution >= 0.6 is 0 Å². The highest BCUT2D eigenvalue weighted by atomic mass is 16.2. The zero-order valence-electron chi connectivity index (χ0n) is 14.8. The van der Waals surface area contributed by atoms with E-state index < -0.39 is 11.8 Å². The van der Waals surface area contributed by atoms with Gasteiger partial charge in [-0.2, -0.15) is 0 Å². The summed E-state index contributed by atoms with van der Waals surface area (Å²) in [6, 6.07) is 5.50. The molecule has 1 aromatic rings. The molecule has 1 aliphatic heterocycles. The first-order chi connectivity index (χ1) is 12.0. The first-order valence-electron chi connectivity index (χ1n) is 8.99. The summed E-state index contributed by atoms with van der Waals surface area (Å²) in [5.41, 5.74) is 2.57. The van der Waals surface area contributed by atoms with Crippen molar-refractivity contribution in [3.05, 3.63) is 23.8 Å². The summed E-state index contributed by atoms with van der Waals surface area (Å²) in [6.45, 7) is 5.16. The van der Waals surface area contributed by atoms with E-state index in [2.05, 4.69) is 10.6 Å². The van der Waals surface area contributed by atoms with Crippen LogP contribution in [0.4, 0.5) is 11.4 Å². The molecule has 0 bridgehead atoms. The molecule has 0 aromatic heterocycles. The Morgan fingerprint density at radius 1 is 1.20 bits per heavy atom. The summed E-state index contributed by atoms with van der Waals surface area (Å²) in [6.07, 6.45) is 3.76. The molecule has 0 spiro atoms. The Morgan fingerprint density at radius 2 is 1.96 bits per heavy atom. The summed E-state index contributed by atoms with van der Waals surface area (Å²) < 4.78 is 0. The summed E-state index contributed by atoms with van der Waals surface area (Å²) in [5, 5.41) is 5.24. The summed E-state index contributed by atoms with van der Waals surface area (Å²) in [4.78, 5) is 38.0. The number of hydrogen-bond acceptors (Lipinski definition) is 3. The van der Waals surface area contributed by atoms with Crippen molar-refractivity contribution in [3.8, 4) is 0 Å². The Balaban J connectivity index is 1.67. The molecule has 1 aliphatic carbocycles. The smallest absolute Gasteiger partial charge is 0.313 e. The molecule has 3 rings (SSSR count). The predicted molar refractivity (Wildman–Crippen MR) is 96.3 cm³/mol. The minimum Gasteiger partial charge on any atom is -0.348 e. The van der Waals surface area contributed by atoms with Gasteiger partial charge < -0.3 is 15.5 Å². The van der Waals surface area contributed by atoms with Crippen molar-refractivity contribution in [2.75, 3.05) is 23.3 Å². The Bertz CT molecular complexity index is 695. The highest BCUT2D eigenvalue weighted by Crippen LogP contribution is 2.36. The highest BCUT2D eigenvalue weighted by Gasteiger charge is 2.35. The number of carbonyl (C=O) groups is 3. The van der Waals surface area contributed by atoms with Gasteiger partial charge in [-0.1, -0.05) is 13.8 Å². The van der Waals surface area contributed by atoms with Crippen LogP contribution in [-0.2, 0) is 20.8 Å². The lowest BCUT2D eigenvalue weighted by atomic mass is 10.0. The molecular weight excluding hydrogens is 318 g/mol. The van der Waals surface area contributed by atoms with Crippen molar-refractivity contribution in [2.24, 2.45) is 11.8 Å². The fourth-order valence-electron chi connectivity index (χ4n) is 3.02. The van der Waals surface area contributed by atoms with E-state index in [1.54, 1.807) is 6.07 Å². The number of anilines is 2. The molecule has 134 valence electrons. The third kappa shape index (κ3) is 4.18. The zero-order valence-corrected chi connectivity index (χ0v) is 14.8. The van der Waals surface area contributed by atoms with Crippen LogP contribution in [0, 0.1) is 11.8 Å². The van der Waals surface area contributed by atoms with E-state index in [4.69, 9.17) is 0 Å². The highest BCUT2D eigenvalue weighted by molar-refractivity contribution is 6.39. The molecule has 6 nitrogen and oxygen atoms in total. The number of nitrogens with zero attached hydrogens (tertiary/aromatic N) is 1. The molecule has 3 amide bonds. The van der Waals surface area contributed by atoms with Crippen LogP contribution in [0.3, 0.4) is 0 Å². The van der Waals surface area contributed by atoms with Crippen molar-refractivity contribution in [3.63, 3.8) is 0 Å². The van der Waals surface area contributed by atoms with Gasteiger partial charge in [-0.3, -0.25) is 14.4 Å². The molecule has 2 aliphatic rings. The van der Waals surface area contributed by atoms with Gasteiger partial charge in [0.2, 0.25) is 5.91 Å². The molecule has 1 fully saturated rings. The third-order valence-corrected chi connectivity index (χ3v) is 4.53. The van der Waals surface area contributed by atoms with E-state index in [1.165, 1.54) is 0 Å². The van der Waals surface area contributed by atoms with Gasteiger partial charge >= 0.3 is 11.8 Å². The summed E-state index contributed by atoms with van der Waals surface area (Å²) in [7, 11) is 0. The second kappa shape index (κ2) is 7.25. The Labute approximate surface area is 148 Å². The van der Waals surface area contributed by atoms with Crippen molar-refractivity contribution < 1.29 is 14.4 Å². The second-order valence-electron chi connectivity index (χ2n) is 7.27. The average molecular weight is 343 g/mol. The predicted octanol–water partition coefficient (Wildman–Crippen LogP) is 2.09. The van der Waals surface area contributed by atoms with Crippen LogP contribution in [0.25, 0.3) is 0 Å². The standard InChI is InChI=1S/C19H25N3O3/c1-12(2)11-20-17(23)18(24)21-15-7-8-16-14(10-15)4-3-9-22(16)19(25)13-5-6-13/h7-8,10,12-13H,3-6,9,11H2,1-2H3,(H,20,23)(H,21,24). The largest absolute Gasteiger partial charge is 0.348 e. The molecule has 1 saturated carbocycles. The monoisotopic (exact) mass is 343 g/mol. The Kier molecular flexibility index (Phi) is 5.06. The summed E-state index contributed by atoms with van der Waals surface area (Å²) >= 11 is 0. The number of hydrogen-bond donors (Lipinski definition) is 2. The van der Waals surface area contributed by atoms with Crippen LogP contribution < -0.4 is 15.5 Å². The SMILES string of the molecule is CC(C)CNC(=O)C(=O)Nc1ccc2c(c1)CCCN2C(=O)C1CC1. The second-order valence-corrected chi connectivity index (χ2v) is 7.27. The van der Waals surface area contributed by atoms with E-state index in [0.717, 1.165) is 43.5 Å². The lowest BCUT2D eigenvalue weighted by Gasteiger charge is -2.30. The molecular formula is C19H25N3O3. The van der Waals surface area contributed by atoms with E-state index in [-0.39, 0.29) is 17.7 Å². The summed E-state index contributed by atoms with van der Waals surface area (Å²) in [5.74, 6) is -0.601. The number of rotatable bonds is 4. The van der Waals surface area contributed by atoms with Crippen LogP contribution in [0.2, 0.25) is 0 Å². The maximum absolute atomic E-state index is 12.4. The zero-order chi connectivity index (χ0) is 18.0. The van der Waals surface area contributed by atoms with E-state index in [0.29, 0.717) is 12.2 Å². The maximum Gasteiger partial charge on any atom is 0.313 e. The fourth-order valence-corrected chi connectivity index (χ4v) is 3.02. The molecule has 6 heteroatoms. The van der Waals surface area contributed by atoms with Gasteiger partial charge in [0.25, 0.3) is 0 Å². The van der Waals surface area contributed by atoms with E-state index >= 15 is 0 Å². The first-order valence-corrected chi connectivity index (χ1v) is 8.99. The topological polar surface area (TPSA) is 78.5 Å². The third-order valence-electron chi connectivity index (χ3n) is 4.53. The molecule has 1 heterocycles. The molecule has 1 aromatic carbocycles. The van der Waals surface area contributed by atoms with Gasteiger partial charge in [-0.25, -0.2) is 0 Å². The molecule has 0 unspecified atom stereocenters. The van der Waals surface area contributed by atoms with Gasteiger partial charge in [-0.15, -0.1) is 0 Å². The van der Waals surface area contributed by atoms with Crippen molar-refractivity contribution in [2.45, 2.75) is 39.5 Å². The molecule has 2 N–H and O–H groups in total. The van der Waals surface area contributed by atoms with E-state index in [1.807, 2.05) is 30.9 Å². The minimum absolute atomic E-state index is 0.190. The lowest BCUT2D eigenvalue weighted by Crippen LogP contribution is -2.37. The number of amides is 3. The van der Waals surface area contributed by atoms with Gasteiger partial charge in [-0.05, 0) is 55.4 Å². The first kappa shape index (κ1) is 17.5. The quantitative estimate of drug-likeness (QED) is 0.822. The van der Waals surface area contributed by atoms with Crippen molar-refractivity contribution in [1.29, 1.82) is 0 Å². The average Bonchev–Trinajstić information content (AvgIpc) is 3.43. The maximum atomic E-state index is 12.4. The van der Waals surface area contributed by atoms with Crippen molar-refractivity contribution >= 4 is 29.1 Å². The Hall–Kier alpha value is -2.37.